The highest BCUT2D eigenvalue weighted by Crippen LogP contribution is 2.38. The normalized spacial score (nSPS) is 16.8. The van der Waals surface area contributed by atoms with E-state index in [1.165, 1.54) is 0 Å². The van der Waals surface area contributed by atoms with Gasteiger partial charge in [0, 0.05) is 36.2 Å². The number of aromatic nitrogens is 3. The van der Waals surface area contributed by atoms with E-state index in [1.807, 2.05) is 0 Å². The van der Waals surface area contributed by atoms with Crippen LogP contribution < -0.4 is 10.6 Å². The molecule has 1 aliphatic heterocycles. The molecule has 3 N–H and O–H groups in total. The summed E-state index contributed by atoms with van der Waals surface area (Å²) in [5.74, 6) is -0.162. The first-order valence-corrected chi connectivity index (χ1v) is 8.88. The van der Waals surface area contributed by atoms with E-state index in [-0.39, 0.29) is 23.2 Å². The number of aromatic hydroxyl groups is 1. The molecule has 1 fully saturated rings. The van der Waals surface area contributed by atoms with E-state index in [9.17, 15) is 23.1 Å². The summed E-state index contributed by atoms with van der Waals surface area (Å²) >= 11 is 0. The quantitative estimate of drug-likeness (QED) is 0.619. The largest absolute Gasteiger partial charge is 0.507 e. The van der Waals surface area contributed by atoms with Crippen molar-refractivity contribution in [1.82, 2.24) is 20.5 Å². The lowest BCUT2D eigenvalue weighted by atomic mass is 10.0. The van der Waals surface area contributed by atoms with Crippen molar-refractivity contribution in [1.29, 1.82) is 0 Å². The van der Waals surface area contributed by atoms with Crippen molar-refractivity contribution in [3.63, 3.8) is 0 Å². The van der Waals surface area contributed by atoms with Gasteiger partial charge in [0.05, 0.1) is 5.56 Å². The van der Waals surface area contributed by atoms with Crippen LogP contribution in [0.1, 0.15) is 18.4 Å². The van der Waals surface area contributed by atoms with E-state index in [4.69, 9.17) is 0 Å². The number of halogens is 3. The number of hydrogen-bond acceptors (Lipinski definition) is 6. The van der Waals surface area contributed by atoms with E-state index in [0.29, 0.717) is 42.2 Å². The van der Waals surface area contributed by atoms with E-state index in [1.54, 1.807) is 18.3 Å². The summed E-state index contributed by atoms with van der Waals surface area (Å²) in [6, 6.07) is 6.04. The zero-order valence-corrected chi connectivity index (χ0v) is 15.0. The first-order chi connectivity index (χ1) is 13.8. The molecule has 3 heterocycles. The molecule has 29 heavy (non-hydrogen) atoms. The standard InChI is InChI=1S/C19H16F3N5O2/c20-19(21,22)10-3-5-12(14(28)8-10)16-13-2-1-7-23-17(13)18(27-26-16)24-9-11-4-6-15(29)25-11/h1-3,5,7-8,11,28H,4,6,9H2,(H,24,27)(H,25,29). The van der Waals surface area contributed by atoms with Gasteiger partial charge in [0.15, 0.2) is 5.82 Å². The number of carbonyl (C=O) groups excluding carboxylic acids is 1. The van der Waals surface area contributed by atoms with Gasteiger partial charge in [-0.3, -0.25) is 9.78 Å². The van der Waals surface area contributed by atoms with Crippen molar-refractivity contribution < 1.29 is 23.1 Å². The Balaban J connectivity index is 1.69. The monoisotopic (exact) mass is 403 g/mol. The second kappa shape index (κ2) is 7.19. The second-order valence-electron chi connectivity index (χ2n) is 6.71. The fourth-order valence-electron chi connectivity index (χ4n) is 3.26. The van der Waals surface area contributed by atoms with E-state index in [0.717, 1.165) is 12.1 Å². The van der Waals surface area contributed by atoms with Gasteiger partial charge in [0.2, 0.25) is 5.91 Å². The van der Waals surface area contributed by atoms with Crippen LogP contribution in [0.4, 0.5) is 19.0 Å². The SMILES string of the molecule is O=C1CCC(CNc2nnc(-c3ccc(C(F)(F)F)cc3O)c3cccnc23)N1. The fourth-order valence-corrected chi connectivity index (χ4v) is 3.26. The molecule has 2 aromatic heterocycles. The third kappa shape index (κ3) is 3.78. The molecule has 0 saturated carbocycles. The number of hydrogen-bond donors (Lipinski definition) is 3. The molecule has 1 aliphatic rings. The van der Waals surface area contributed by atoms with E-state index >= 15 is 0 Å². The minimum Gasteiger partial charge on any atom is -0.507 e. The Morgan fingerprint density at radius 1 is 1.24 bits per heavy atom. The van der Waals surface area contributed by atoms with Gasteiger partial charge in [-0.25, -0.2) is 0 Å². The molecule has 0 radical (unpaired) electrons. The zero-order valence-electron chi connectivity index (χ0n) is 15.0. The van der Waals surface area contributed by atoms with E-state index in [2.05, 4.69) is 25.8 Å². The summed E-state index contributed by atoms with van der Waals surface area (Å²) in [6.45, 7) is 0.441. The zero-order chi connectivity index (χ0) is 20.6. The minimum absolute atomic E-state index is 0.000931. The molecule has 3 aromatic rings. The molecule has 150 valence electrons. The fraction of sp³-hybridized carbons (Fsp3) is 0.263. The lowest BCUT2D eigenvalue weighted by molar-refractivity contribution is -0.137. The van der Waals surface area contributed by atoms with Crippen LogP contribution >= 0.6 is 0 Å². The number of rotatable bonds is 4. The number of nitrogens with zero attached hydrogens (tertiary/aromatic N) is 3. The van der Waals surface area contributed by atoms with Crippen LogP contribution in [0.15, 0.2) is 36.5 Å². The number of nitrogens with one attached hydrogen (secondary N) is 2. The summed E-state index contributed by atoms with van der Waals surface area (Å²) in [5, 5.41) is 24.9. The molecule has 1 atom stereocenters. The van der Waals surface area contributed by atoms with Crippen LogP contribution in [0.3, 0.4) is 0 Å². The van der Waals surface area contributed by atoms with Crippen molar-refractivity contribution >= 4 is 22.6 Å². The Morgan fingerprint density at radius 2 is 2.07 bits per heavy atom. The van der Waals surface area contributed by atoms with Gasteiger partial charge >= 0.3 is 6.18 Å². The Morgan fingerprint density at radius 3 is 2.76 bits per heavy atom. The molecule has 0 bridgehead atoms. The third-order valence-electron chi connectivity index (χ3n) is 4.72. The Labute approximate surface area is 163 Å². The molecular formula is C19H16F3N5O2. The highest BCUT2D eigenvalue weighted by Gasteiger charge is 2.31. The average Bonchev–Trinajstić information content (AvgIpc) is 3.11. The number of pyridine rings is 1. The molecular weight excluding hydrogens is 387 g/mol. The first-order valence-electron chi connectivity index (χ1n) is 8.88. The summed E-state index contributed by atoms with van der Waals surface area (Å²) in [4.78, 5) is 15.6. The van der Waals surface area contributed by atoms with Crippen molar-refractivity contribution in [3.05, 3.63) is 42.1 Å². The number of fused-ring (bicyclic) bond motifs is 1. The smallest absolute Gasteiger partial charge is 0.416 e. The Kier molecular flexibility index (Phi) is 4.69. The number of phenols is 1. The molecule has 1 amide bonds. The molecule has 1 saturated heterocycles. The van der Waals surface area contributed by atoms with Crippen LogP contribution in [0.2, 0.25) is 0 Å². The molecule has 0 spiro atoms. The lowest BCUT2D eigenvalue weighted by Gasteiger charge is -2.14. The second-order valence-corrected chi connectivity index (χ2v) is 6.71. The van der Waals surface area contributed by atoms with Crippen LogP contribution in [-0.4, -0.2) is 38.8 Å². The highest BCUT2D eigenvalue weighted by molar-refractivity contribution is 5.98. The number of phenolic OH excluding ortho intramolecular Hbond substituents is 1. The maximum absolute atomic E-state index is 12.9. The summed E-state index contributed by atoms with van der Waals surface area (Å²) in [7, 11) is 0. The maximum atomic E-state index is 12.9. The highest BCUT2D eigenvalue weighted by atomic mass is 19.4. The average molecular weight is 403 g/mol. The summed E-state index contributed by atoms with van der Waals surface area (Å²) < 4.78 is 38.6. The number of amides is 1. The maximum Gasteiger partial charge on any atom is 0.416 e. The molecule has 0 aliphatic carbocycles. The number of benzene rings is 1. The van der Waals surface area contributed by atoms with Gasteiger partial charge in [-0.1, -0.05) is 0 Å². The van der Waals surface area contributed by atoms with Crippen molar-refractivity contribution in [2.75, 3.05) is 11.9 Å². The molecule has 1 unspecified atom stereocenters. The Hall–Kier alpha value is -3.43. The van der Waals surface area contributed by atoms with Gasteiger partial charge in [0.1, 0.15) is 17.0 Å². The van der Waals surface area contributed by atoms with Gasteiger partial charge in [0.25, 0.3) is 0 Å². The van der Waals surface area contributed by atoms with Crippen LogP contribution in [0.5, 0.6) is 5.75 Å². The van der Waals surface area contributed by atoms with Crippen molar-refractivity contribution in [2.24, 2.45) is 0 Å². The Bertz CT molecular complexity index is 1090. The van der Waals surface area contributed by atoms with E-state index < -0.39 is 17.5 Å². The molecule has 10 heteroatoms. The van der Waals surface area contributed by atoms with Gasteiger partial charge in [-0.2, -0.15) is 13.2 Å². The topological polar surface area (TPSA) is 100 Å². The van der Waals surface area contributed by atoms with Crippen molar-refractivity contribution in [3.8, 4) is 17.0 Å². The number of alkyl halides is 3. The summed E-state index contributed by atoms with van der Waals surface area (Å²) in [6.07, 6.45) is -1.82. The van der Waals surface area contributed by atoms with Gasteiger partial charge in [-0.05, 0) is 36.8 Å². The number of anilines is 1. The number of carbonyl (C=O) groups is 1. The lowest BCUT2D eigenvalue weighted by Crippen LogP contribution is -2.32. The summed E-state index contributed by atoms with van der Waals surface area (Å²) in [5.41, 5.74) is -0.149. The van der Waals surface area contributed by atoms with Crippen LogP contribution in [0.25, 0.3) is 22.2 Å². The van der Waals surface area contributed by atoms with Crippen LogP contribution in [0, 0.1) is 0 Å². The molecule has 7 nitrogen and oxygen atoms in total. The predicted octanol–water partition coefficient (Wildman–Crippen LogP) is 3.11. The molecule has 1 aromatic carbocycles. The van der Waals surface area contributed by atoms with Gasteiger partial charge < -0.3 is 15.7 Å². The molecule has 4 rings (SSSR count). The first kappa shape index (κ1) is 18.9. The predicted molar refractivity (Wildman–Crippen MR) is 99.1 cm³/mol. The third-order valence-corrected chi connectivity index (χ3v) is 4.72. The van der Waals surface area contributed by atoms with Crippen LogP contribution in [-0.2, 0) is 11.0 Å². The van der Waals surface area contributed by atoms with Crippen molar-refractivity contribution in [2.45, 2.75) is 25.1 Å². The van der Waals surface area contributed by atoms with Gasteiger partial charge in [-0.15, -0.1) is 10.2 Å². The minimum atomic E-state index is -4.56.